The van der Waals surface area contributed by atoms with E-state index < -0.39 is 12.1 Å². The summed E-state index contributed by atoms with van der Waals surface area (Å²) in [5.74, 6) is -0.861. The van der Waals surface area contributed by atoms with Crippen LogP contribution in [0.25, 0.3) is 10.1 Å². The Kier molecular flexibility index (Phi) is 5.66. The van der Waals surface area contributed by atoms with Crippen LogP contribution in [0.15, 0.2) is 42.5 Å². The van der Waals surface area contributed by atoms with Crippen molar-refractivity contribution in [3.63, 3.8) is 0 Å². The number of aryl methyl sites for hydroxylation is 1. The van der Waals surface area contributed by atoms with Gasteiger partial charge in [-0.2, -0.15) is 0 Å². The topological polar surface area (TPSA) is 43.4 Å². The second kappa shape index (κ2) is 7.78. The van der Waals surface area contributed by atoms with Gasteiger partial charge in [-0.25, -0.2) is 4.79 Å². The van der Waals surface area contributed by atoms with Crippen LogP contribution < -0.4 is 0 Å². The highest BCUT2D eigenvalue weighted by Gasteiger charge is 2.24. The number of benzene rings is 2. The normalized spacial score (nSPS) is 12.2. The molecule has 2 aromatic carbocycles. The van der Waals surface area contributed by atoms with E-state index in [4.69, 9.17) is 27.9 Å². The van der Waals surface area contributed by atoms with Crippen LogP contribution in [-0.4, -0.2) is 17.9 Å². The molecule has 0 aliphatic carbocycles. The van der Waals surface area contributed by atoms with Crippen LogP contribution in [0.2, 0.25) is 10.0 Å². The molecule has 0 bridgehead atoms. The van der Waals surface area contributed by atoms with Gasteiger partial charge in [-0.15, -0.1) is 11.3 Å². The average molecular weight is 407 g/mol. The third-order valence-electron chi connectivity index (χ3n) is 4.08. The predicted molar refractivity (Wildman–Crippen MR) is 107 cm³/mol. The number of thiophene rings is 1. The number of halogens is 2. The number of Topliss-reactive ketones (excluding diaryl/α,β-unsaturated/α-hetero) is 1. The number of carbonyl (C=O) groups is 2. The quantitative estimate of drug-likeness (QED) is 0.374. The zero-order valence-electron chi connectivity index (χ0n) is 14.2. The number of hydrogen-bond donors (Lipinski definition) is 0. The summed E-state index contributed by atoms with van der Waals surface area (Å²) in [6, 6.07) is 12.5. The molecule has 3 rings (SSSR count). The van der Waals surface area contributed by atoms with Crippen molar-refractivity contribution in [1.82, 2.24) is 0 Å². The molecule has 0 saturated heterocycles. The van der Waals surface area contributed by atoms with E-state index in [1.807, 2.05) is 19.1 Å². The van der Waals surface area contributed by atoms with Gasteiger partial charge in [-0.05, 0) is 31.0 Å². The minimum Gasteiger partial charge on any atom is -0.450 e. The summed E-state index contributed by atoms with van der Waals surface area (Å²) in [6.07, 6.45) is -0.00663. The van der Waals surface area contributed by atoms with Crippen molar-refractivity contribution in [3.8, 4) is 0 Å². The highest BCUT2D eigenvalue weighted by Crippen LogP contribution is 2.37. The molecule has 0 spiro atoms. The molecule has 3 aromatic rings. The Hall–Kier alpha value is -1.88. The highest BCUT2D eigenvalue weighted by molar-refractivity contribution is 7.21. The summed E-state index contributed by atoms with van der Waals surface area (Å²) < 4.78 is 6.15. The van der Waals surface area contributed by atoms with Crippen molar-refractivity contribution in [2.75, 3.05) is 0 Å². The molecule has 0 aliphatic rings. The number of fused-ring (bicyclic) bond motifs is 1. The second-order valence-corrected chi connectivity index (χ2v) is 7.71. The largest absolute Gasteiger partial charge is 0.450 e. The summed E-state index contributed by atoms with van der Waals surface area (Å²) in [5.41, 5.74) is 1.65. The van der Waals surface area contributed by atoms with Crippen LogP contribution in [0, 0.1) is 0 Å². The molecule has 134 valence electrons. The van der Waals surface area contributed by atoms with Gasteiger partial charge in [0.2, 0.25) is 5.78 Å². The van der Waals surface area contributed by atoms with E-state index in [-0.39, 0.29) is 10.7 Å². The standard InChI is InChI=1S/C20H16Cl2O3S/c1-3-12-4-6-13(7-5-12)18(23)11(2)25-20(24)19-17(22)15-9-8-14(21)10-16(15)26-19/h4-11H,3H2,1-2H3. The van der Waals surface area contributed by atoms with Crippen molar-refractivity contribution in [1.29, 1.82) is 0 Å². The van der Waals surface area contributed by atoms with E-state index in [1.165, 1.54) is 11.3 Å². The smallest absolute Gasteiger partial charge is 0.350 e. The van der Waals surface area contributed by atoms with Crippen molar-refractivity contribution >= 4 is 56.4 Å². The second-order valence-electron chi connectivity index (χ2n) is 5.85. The van der Waals surface area contributed by atoms with Crippen LogP contribution in [0.4, 0.5) is 0 Å². The predicted octanol–water partition coefficient (Wildman–Crippen LogP) is 6.20. The molecular formula is C20H16Cl2O3S. The molecule has 0 amide bonds. The maximum atomic E-state index is 12.5. The molecule has 3 nitrogen and oxygen atoms in total. The highest BCUT2D eigenvalue weighted by atomic mass is 35.5. The van der Waals surface area contributed by atoms with Crippen LogP contribution >= 0.6 is 34.5 Å². The lowest BCUT2D eigenvalue weighted by Gasteiger charge is -2.12. The van der Waals surface area contributed by atoms with Gasteiger partial charge in [0.15, 0.2) is 6.10 Å². The maximum Gasteiger partial charge on any atom is 0.350 e. The van der Waals surface area contributed by atoms with Crippen molar-refractivity contribution in [2.45, 2.75) is 26.4 Å². The first-order valence-electron chi connectivity index (χ1n) is 8.12. The molecular weight excluding hydrogens is 391 g/mol. The fourth-order valence-electron chi connectivity index (χ4n) is 2.58. The molecule has 6 heteroatoms. The number of esters is 1. The Morgan fingerprint density at radius 3 is 2.46 bits per heavy atom. The average Bonchev–Trinajstić information content (AvgIpc) is 2.97. The molecule has 0 N–H and O–H groups in total. The zero-order chi connectivity index (χ0) is 18.8. The summed E-state index contributed by atoms with van der Waals surface area (Å²) in [6.45, 7) is 3.61. The lowest BCUT2D eigenvalue weighted by Crippen LogP contribution is -2.24. The molecule has 1 aromatic heterocycles. The van der Waals surface area contributed by atoms with Gasteiger partial charge < -0.3 is 4.74 Å². The lowest BCUT2D eigenvalue weighted by atomic mass is 10.0. The molecule has 0 radical (unpaired) electrons. The van der Waals surface area contributed by atoms with Crippen molar-refractivity contribution in [3.05, 3.63) is 68.5 Å². The fraction of sp³-hybridized carbons (Fsp3) is 0.200. The Bertz CT molecular complexity index is 977. The Morgan fingerprint density at radius 1 is 1.12 bits per heavy atom. The van der Waals surface area contributed by atoms with Crippen molar-refractivity contribution < 1.29 is 14.3 Å². The minimum absolute atomic E-state index is 0.249. The summed E-state index contributed by atoms with van der Waals surface area (Å²) in [7, 11) is 0. The summed E-state index contributed by atoms with van der Waals surface area (Å²) in [4.78, 5) is 25.2. The minimum atomic E-state index is -0.903. The van der Waals surface area contributed by atoms with Crippen LogP contribution in [0.5, 0.6) is 0 Å². The first-order chi connectivity index (χ1) is 12.4. The first kappa shape index (κ1) is 18.9. The number of ether oxygens (including phenoxy) is 1. The van der Waals surface area contributed by atoms with Gasteiger partial charge in [0.05, 0.1) is 5.02 Å². The molecule has 26 heavy (non-hydrogen) atoms. The third-order valence-corrected chi connectivity index (χ3v) is 5.95. The Labute approximate surface area is 165 Å². The molecule has 1 heterocycles. The number of ketones is 1. The van der Waals surface area contributed by atoms with Gasteiger partial charge in [0.1, 0.15) is 4.88 Å². The van der Waals surface area contributed by atoms with Gasteiger partial charge in [0.25, 0.3) is 0 Å². The lowest BCUT2D eigenvalue weighted by molar-refractivity contribution is 0.0324. The van der Waals surface area contributed by atoms with E-state index in [0.29, 0.717) is 15.6 Å². The van der Waals surface area contributed by atoms with Gasteiger partial charge in [-0.1, -0.05) is 60.5 Å². The van der Waals surface area contributed by atoms with Gasteiger partial charge in [-0.3, -0.25) is 4.79 Å². The van der Waals surface area contributed by atoms with Gasteiger partial charge >= 0.3 is 5.97 Å². The zero-order valence-corrected chi connectivity index (χ0v) is 16.5. The summed E-state index contributed by atoms with van der Waals surface area (Å²) in [5, 5.41) is 1.62. The van der Waals surface area contributed by atoms with Crippen LogP contribution in [-0.2, 0) is 11.2 Å². The van der Waals surface area contributed by atoms with E-state index in [9.17, 15) is 9.59 Å². The van der Waals surface area contributed by atoms with E-state index in [1.54, 1.807) is 37.3 Å². The maximum absolute atomic E-state index is 12.5. The van der Waals surface area contributed by atoms with Gasteiger partial charge in [0, 0.05) is 20.7 Å². The third kappa shape index (κ3) is 3.78. The number of hydrogen-bond acceptors (Lipinski definition) is 4. The van der Waals surface area contributed by atoms with Crippen LogP contribution in [0.3, 0.4) is 0 Å². The number of carbonyl (C=O) groups excluding carboxylic acids is 2. The molecule has 1 atom stereocenters. The number of rotatable bonds is 5. The van der Waals surface area contributed by atoms with E-state index >= 15 is 0 Å². The molecule has 1 unspecified atom stereocenters. The van der Waals surface area contributed by atoms with E-state index in [2.05, 4.69) is 0 Å². The van der Waals surface area contributed by atoms with Crippen LogP contribution in [0.1, 0.15) is 39.4 Å². The summed E-state index contributed by atoms with van der Waals surface area (Å²) >= 11 is 13.5. The fourth-order valence-corrected chi connectivity index (χ4v) is 4.24. The Balaban J connectivity index is 1.78. The monoisotopic (exact) mass is 406 g/mol. The molecule has 0 saturated carbocycles. The SMILES string of the molecule is CCc1ccc(C(=O)C(C)OC(=O)c2sc3cc(Cl)ccc3c2Cl)cc1. The first-order valence-corrected chi connectivity index (χ1v) is 9.69. The van der Waals surface area contributed by atoms with E-state index in [0.717, 1.165) is 22.1 Å². The Morgan fingerprint density at radius 2 is 1.81 bits per heavy atom. The molecule has 0 fully saturated rings. The molecule has 0 aliphatic heterocycles. The van der Waals surface area contributed by atoms with Crippen molar-refractivity contribution in [2.24, 2.45) is 0 Å².